The van der Waals surface area contributed by atoms with Crippen molar-refractivity contribution in [1.29, 1.82) is 0 Å². The first-order valence-corrected chi connectivity index (χ1v) is 9.17. The molecule has 0 saturated carbocycles. The van der Waals surface area contributed by atoms with Crippen LogP contribution in [-0.2, 0) is 0 Å². The van der Waals surface area contributed by atoms with E-state index in [1.807, 2.05) is 36.9 Å². The fraction of sp³-hybridized carbons (Fsp3) is 0.350. The van der Waals surface area contributed by atoms with Crippen molar-refractivity contribution in [2.24, 2.45) is 0 Å². The number of aryl methyl sites for hydroxylation is 2. The van der Waals surface area contributed by atoms with Gasteiger partial charge < -0.3 is 9.88 Å². The summed E-state index contributed by atoms with van der Waals surface area (Å²) >= 11 is 0. The Morgan fingerprint density at radius 2 is 1.96 bits per heavy atom. The minimum Gasteiger partial charge on any atom is -0.343 e. The highest BCUT2D eigenvalue weighted by Crippen LogP contribution is 2.29. The first-order valence-electron chi connectivity index (χ1n) is 9.17. The molecule has 1 amide bonds. The molecular weight excluding hydrogens is 340 g/mol. The Balaban J connectivity index is 1.46. The van der Waals surface area contributed by atoms with E-state index in [9.17, 15) is 4.79 Å². The van der Waals surface area contributed by atoms with Gasteiger partial charge in [-0.25, -0.2) is 15.0 Å². The molecule has 0 atom stereocenters. The molecule has 0 spiro atoms. The molecule has 1 saturated heterocycles. The molecule has 1 aliphatic heterocycles. The predicted molar refractivity (Wildman–Crippen MR) is 101 cm³/mol. The first kappa shape index (κ1) is 17.3. The van der Waals surface area contributed by atoms with Crippen molar-refractivity contribution >= 4 is 5.91 Å². The fourth-order valence-electron chi connectivity index (χ4n) is 3.48. The van der Waals surface area contributed by atoms with E-state index >= 15 is 0 Å². The maximum Gasteiger partial charge on any atom is 0.255 e. The Morgan fingerprint density at radius 1 is 1.15 bits per heavy atom. The Kier molecular flexibility index (Phi) is 4.66. The second-order valence-electron chi connectivity index (χ2n) is 6.92. The molecule has 0 aliphatic carbocycles. The fourth-order valence-corrected chi connectivity index (χ4v) is 3.48. The Hall–Kier alpha value is -3.09. The van der Waals surface area contributed by atoms with Crippen molar-refractivity contribution in [2.45, 2.75) is 32.6 Å². The van der Waals surface area contributed by atoms with Gasteiger partial charge in [0.15, 0.2) is 5.82 Å². The lowest BCUT2D eigenvalue weighted by molar-refractivity contribution is 0.0711. The van der Waals surface area contributed by atoms with Crippen molar-refractivity contribution in [3.8, 4) is 11.5 Å². The molecule has 0 bridgehead atoms. The molecule has 1 aliphatic rings. The van der Waals surface area contributed by atoms with E-state index in [0.717, 1.165) is 54.7 Å². The summed E-state index contributed by atoms with van der Waals surface area (Å²) in [5.74, 6) is 1.86. The van der Waals surface area contributed by atoms with Crippen LogP contribution in [0.4, 0.5) is 0 Å². The Labute approximate surface area is 157 Å². The number of nitrogens with one attached hydrogen (secondary N) is 1. The summed E-state index contributed by atoms with van der Waals surface area (Å²) < 4.78 is 0. The zero-order chi connectivity index (χ0) is 18.8. The number of carbonyl (C=O) groups is 1. The summed E-state index contributed by atoms with van der Waals surface area (Å²) in [6.07, 6.45) is 6.94. The van der Waals surface area contributed by atoms with Gasteiger partial charge in [-0.05, 0) is 44.9 Å². The van der Waals surface area contributed by atoms with Crippen LogP contribution in [0.15, 0.2) is 36.8 Å². The molecular formula is C20H22N6O. The number of piperidine rings is 1. The number of hydrogen-bond donors (Lipinski definition) is 1. The van der Waals surface area contributed by atoms with E-state index in [-0.39, 0.29) is 5.91 Å². The quantitative estimate of drug-likeness (QED) is 0.774. The average Bonchev–Trinajstić information content (AvgIpc) is 3.23. The molecule has 3 aromatic heterocycles. The number of likely N-dealkylation sites (tertiary alicyclic amines) is 1. The number of imidazole rings is 1. The maximum absolute atomic E-state index is 12.7. The summed E-state index contributed by atoms with van der Waals surface area (Å²) in [4.78, 5) is 35.3. The van der Waals surface area contributed by atoms with E-state index in [2.05, 4.69) is 24.9 Å². The molecule has 0 aromatic carbocycles. The molecule has 0 unspecified atom stereocenters. The zero-order valence-electron chi connectivity index (χ0n) is 15.5. The van der Waals surface area contributed by atoms with Crippen molar-refractivity contribution in [3.05, 3.63) is 59.6 Å². The lowest BCUT2D eigenvalue weighted by Gasteiger charge is -2.32. The summed E-state index contributed by atoms with van der Waals surface area (Å²) in [6.45, 7) is 5.26. The summed E-state index contributed by atoms with van der Waals surface area (Å²) in [5.41, 5.74) is 3.40. The number of rotatable bonds is 3. The summed E-state index contributed by atoms with van der Waals surface area (Å²) in [7, 11) is 0. The van der Waals surface area contributed by atoms with Gasteiger partial charge in [0, 0.05) is 49.0 Å². The lowest BCUT2D eigenvalue weighted by atomic mass is 9.92. The highest BCUT2D eigenvalue weighted by atomic mass is 16.2. The number of amides is 1. The molecule has 4 heterocycles. The average molecular weight is 362 g/mol. The number of pyridine rings is 1. The molecule has 138 valence electrons. The van der Waals surface area contributed by atoms with Gasteiger partial charge in [-0.3, -0.25) is 9.78 Å². The van der Waals surface area contributed by atoms with Crippen LogP contribution >= 0.6 is 0 Å². The SMILES string of the molecule is Cc1ccc(C(=O)N2CCC(c3cc(-c4ncc[nH]4)nc(C)n3)CC2)cn1. The van der Waals surface area contributed by atoms with E-state index in [1.54, 1.807) is 18.6 Å². The standard InChI is InChI=1S/C20H22N6O/c1-13-3-4-16(12-23-13)20(27)26-9-5-15(6-10-26)17-11-18(25-14(2)24-17)19-21-7-8-22-19/h3-4,7-8,11-12,15H,5-6,9-10H2,1-2H3,(H,21,22). The molecule has 4 rings (SSSR count). The van der Waals surface area contributed by atoms with Crippen molar-refractivity contribution in [3.63, 3.8) is 0 Å². The number of nitrogens with zero attached hydrogens (tertiary/aromatic N) is 5. The number of hydrogen-bond acceptors (Lipinski definition) is 5. The smallest absolute Gasteiger partial charge is 0.255 e. The third-order valence-electron chi connectivity index (χ3n) is 4.96. The van der Waals surface area contributed by atoms with Gasteiger partial charge in [0.1, 0.15) is 11.5 Å². The van der Waals surface area contributed by atoms with Crippen LogP contribution in [-0.4, -0.2) is 48.8 Å². The highest BCUT2D eigenvalue weighted by Gasteiger charge is 2.26. The van der Waals surface area contributed by atoms with Gasteiger partial charge in [0.2, 0.25) is 0 Å². The number of aromatic nitrogens is 5. The monoisotopic (exact) mass is 362 g/mol. The van der Waals surface area contributed by atoms with E-state index in [0.29, 0.717) is 11.5 Å². The van der Waals surface area contributed by atoms with Gasteiger partial charge in [-0.1, -0.05) is 0 Å². The van der Waals surface area contributed by atoms with Gasteiger partial charge in [0.05, 0.1) is 5.56 Å². The maximum atomic E-state index is 12.7. The van der Waals surface area contributed by atoms with E-state index in [4.69, 9.17) is 0 Å². The molecule has 1 N–H and O–H groups in total. The molecule has 0 radical (unpaired) electrons. The van der Waals surface area contributed by atoms with Crippen LogP contribution in [0.1, 0.15) is 46.3 Å². The predicted octanol–water partition coefficient (Wildman–Crippen LogP) is 2.90. The topological polar surface area (TPSA) is 87.7 Å². The second kappa shape index (κ2) is 7.26. The third kappa shape index (κ3) is 3.72. The minimum absolute atomic E-state index is 0.0519. The van der Waals surface area contributed by atoms with Crippen molar-refractivity contribution < 1.29 is 4.79 Å². The number of H-pyrrole nitrogens is 1. The van der Waals surface area contributed by atoms with E-state index in [1.165, 1.54) is 0 Å². The van der Waals surface area contributed by atoms with E-state index < -0.39 is 0 Å². The van der Waals surface area contributed by atoms with Crippen molar-refractivity contribution in [1.82, 2.24) is 29.8 Å². The van der Waals surface area contributed by atoms with Gasteiger partial charge >= 0.3 is 0 Å². The van der Waals surface area contributed by atoms with Gasteiger partial charge in [-0.15, -0.1) is 0 Å². The summed E-state index contributed by atoms with van der Waals surface area (Å²) in [6, 6.07) is 5.73. The number of aromatic amines is 1. The van der Waals surface area contributed by atoms with Crippen LogP contribution in [0.25, 0.3) is 11.5 Å². The van der Waals surface area contributed by atoms with Crippen molar-refractivity contribution in [2.75, 3.05) is 13.1 Å². The van der Waals surface area contributed by atoms with Crippen LogP contribution in [0.2, 0.25) is 0 Å². The van der Waals surface area contributed by atoms with Gasteiger partial charge in [0.25, 0.3) is 5.91 Å². The summed E-state index contributed by atoms with van der Waals surface area (Å²) in [5, 5.41) is 0. The lowest BCUT2D eigenvalue weighted by Crippen LogP contribution is -2.38. The third-order valence-corrected chi connectivity index (χ3v) is 4.96. The molecule has 27 heavy (non-hydrogen) atoms. The molecule has 1 fully saturated rings. The van der Waals surface area contributed by atoms with Crippen LogP contribution < -0.4 is 0 Å². The Bertz CT molecular complexity index is 928. The minimum atomic E-state index is 0.0519. The zero-order valence-corrected chi connectivity index (χ0v) is 15.5. The second-order valence-corrected chi connectivity index (χ2v) is 6.92. The molecule has 3 aromatic rings. The first-order chi connectivity index (χ1) is 13.1. The molecule has 7 heteroatoms. The van der Waals surface area contributed by atoms with Gasteiger partial charge in [-0.2, -0.15) is 0 Å². The Morgan fingerprint density at radius 3 is 2.63 bits per heavy atom. The normalized spacial score (nSPS) is 15.1. The van der Waals surface area contributed by atoms with Crippen LogP contribution in [0, 0.1) is 13.8 Å². The van der Waals surface area contributed by atoms with Crippen LogP contribution in [0.3, 0.4) is 0 Å². The molecule has 7 nitrogen and oxygen atoms in total. The highest BCUT2D eigenvalue weighted by molar-refractivity contribution is 5.94. The number of carbonyl (C=O) groups excluding carboxylic acids is 1. The largest absolute Gasteiger partial charge is 0.343 e. The van der Waals surface area contributed by atoms with Crippen LogP contribution in [0.5, 0.6) is 0 Å².